The van der Waals surface area contributed by atoms with Crippen LogP contribution in [-0.4, -0.2) is 12.6 Å². The van der Waals surface area contributed by atoms with Crippen LogP contribution in [0.1, 0.15) is 36.1 Å². The molecule has 29 heavy (non-hydrogen) atoms. The predicted octanol–water partition coefficient (Wildman–Crippen LogP) is 6.00. The number of hydrogen-bond donors (Lipinski definition) is 0. The van der Waals surface area contributed by atoms with Gasteiger partial charge in [0.25, 0.3) is 0 Å². The van der Waals surface area contributed by atoms with E-state index >= 15 is 0 Å². The molecule has 1 heterocycles. The molecule has 0 saturated heterocycles. The molecular formula is C27H27NO. The van der Waals surface area contributed by atoms with Crippen molar-refractivity contribution in [3.8, 4) is 5.75 Å². The van der Waals surface area contributed by atoms with E-state index in [4.69, 9.17) is 4.74 Å². The second-order valence-corrected chi connectivity index (χ2v) is 8.71. The van der Waals surface area contributed by atoms with Gasteiger partial charge in [0.05, 0.1) is 12.6 Å². The molecule has 5 rings (SSSR count). The molecule has 1 aliphatic carbocycles. The molecule has 0 fully saturated rings. The number of rotatable bonds is 3. The molecule has 0 N–H and O–H groups in total. The number of anilines is 1. The average Bonchev–Trinajstić information content (AvgIpc) is 2.93. The minimum absolute atomic E-state index is 0.0000944. The summed E-state index contributed by atoms with van der Waals surface area (Å²) in [4.78, 5) is 2.62. The monoisotopic (exact) mass is 381 g/mol. The van der Waals surface area contributed by atoms with Crippen LogP contribution < -0.4 is 9.64 Å². The maximum Gasteiger partial charge on any atom is 0.118 e. The number of benzene rings is 3. The smallest absolute Gasteiger partial charge is 0.118 e. The van der Waals surface area contributed by atoms with Gasteiger partial charge in [-0.05, 0) is 40.5 Å². The zero-order valence-electron chi connectivity index (χ0n) is 17.4. The number of fused-ring (bicyclic) bond motifs is 2. The number of nitrogens with zero attached hydrogens (tertiary/aromatic N) is 1. The van der Waals surface area contributed by atoms with Crippen LogP contribution in [0.15, 0.2) is 78.9 Å². The Morgan fingerprint density at radius 1 is 0.897 bits per heavy atom. The minimum Gasteiger partial charge on any atom is -0.497 e. The van der Waals surface area contributed by atoms with E-state index in [-0.39, 0.29) is 11.0 Å². The molecule has 0 bridgehead atoms. The van der Waals surface area contributed by atoms with Crippen LogP contribution in [-0.2, 0) is 18.4 Å². The van der Waals surface area contributed by atoms with Gasteiger partial charge >= 0.3 is 0 Å². The highest BCUT2D eigenvalue weighted by atomic mass is 16.5. The number of para-hydroxylation sites is 1. The van der Waals surface area contributed by atoms with Crippen LogP contribution in [0, 0.1) is 0 Å². The molecule has 3 aromatic rings. The first-order valence-corrected chi connectivity index (χ1v) is 10.3. The quantitative estimate of drug-likeness (QED) is 0.551. The van der Waals surface area contributed by atoms with Crippen LogP contribution in [0.4, 0.5) is 5.69 Å². The Labute approximate surface area is 173 Å². The Morgan fingerprint density at radius 2 is 1.62 bits per heavy atom. The fourth-order valence-electron chi connectivity index (χ4n) is 5.21. The molecule has 2 aliphatic rings. The van der Waals surface area contributed by atoms with E-state index in [1.807, 2.05) is 0 Å². The zero-order chi connectivity index (χ0) is 20.1. The van der Waals surface area contributed by atoms with Gasteiger partial charge in [-0.15, -0.1) is 0 Å². The Bertz CT molecular complexity index is 1080. The van der Waals surface area contributed by atoms with Crippen molar-refractivity contribution in [1.29, 1.82) is 0 Å². The Morgan fingerprint density at radius 3 is 2.41 bits per heavy atom. The second kappa shape index (κ2) is 6.52. The largest absolute Gasteiger partial charge is 0.497 e. The minimum atomic E-state index is -0.0923. The summed E-state index contributed by atoms with van der Waals surface area (Å²) in [5, 5.41) is 0. The molecule has 1 spiro atoms. The molecule has 1 atom stereocenters. The zero-order valence-corrected chi connectivity index (χ0v) is 17.4. The standard InChI is InChI=1S/C27H27NO/c1-26(2)24-10-6-7-11-25(24)28(19-20-12-14-23(29-3)15-13-20)27(26)17-16-21-8-4-5-9-22(21)18-27/h4-17H,18-19H2,1-3H3. The summed E-state index contributed by atoms with van der Waals surface area (Å²) in [6.07, 6.45) is 5.80. The highest BCUT2D eigenvalue weighted by Crippen LogP contribution is 2.55. The summed E-state index contributed by atoms with van der Waals surface area (Å²) in [6, 6.07) is 26.2. The normalized spacial score (nSPS) is 21.1. The maximum absolute atomic E-state index is 5.35. The highest BCUT2D eigenvalue weighted by molar-refractivity contribution is 5.73. The lowest BCUT2D eigenvalue weighted by molar-refractivity contribution is 0.317. The number of ether oxygens (including phenoxy) is 1. The van der Waals surface area contributed by atoms with Gasteiger partial charge in [-0.1, -0.05) is 80.6 Å². The molecule has 1 aliphatic heterocycles. The third kappa shape index (κ3) is 2.62. The molecule has 1 unspecified atom stereocenters. The van der Waals surface area contributed by atoms with Gasteiger partial charge in [0.2, 0.25) is 0 Å². The molecule has 0 saturated carbocycles. The van der Waals surface area contributed by atoms with E-state index in [9.17, 15) is 0 Å². The van der Waals surface area contributed by atoms with Crippen LogP contribution in [0.3, 0.4) is 0 Å². The topological polar surface area (TPSA) is 12.5 Å². The van der Waals surface area contributed by atoms with Crippen LogP contribution >= 0.6 is 0 Å². The van der Waals surface area contributed by atoms with Crippen LogP contribution in [0.25, 0.3) is 6.08 Å². The molecule has 3 aromatic carbocycles. The Hall–Kier alpha value is -3.00. The second-order valence-electron chi connectivity index (χ2n) is 8.71. The van der Waals surface area contributed by atoms with Gasteiger partial charge in [0, 0.05) is 24.1 Å². The molecule has 0 amide bonds. The first kappa shape index (κ1) is 18.1. The summed E-state index contributed by atoms with van der Waals surface area (Å²) >= 11 is 0. The Balaban J connectivity index is 1.63. The van der Waals surface area contributed by atoms with Crippen molar-refractivity contribution in [2.75, 3.05) is 12.0 Å². The maximum atomic E-state index is 5.35. The van der Waals surface area contributed by atoms with Gasteiger partial charge in [-0.2, -0.15) is 0 Å². The average molecular weight is 382 g/mol. The Kier molecular flexibility index (Phi) is 4.06. The van der Waals surface area contributed by atoms with E-state index in [2.05, 4.69) is 104 Å². The number of hydrogen-bond acceptors (Lipinski definition) is 2. The van der Waals surface area contributed by atoms with E-state index in [0.717, 1.165) is 18.7 Å². The summed E-state index contributed by atoms with van der Waals surface area (Å²) < 4.78 is 5.35. The summed E-state index contributed by atoms with van der Waals surface area (Å²) in [5.41, 5.74) is 6.75. The summed E-state index contributed by atoms with van der Waals surface area (Å²) in [7, 11) is 1.72. The van der Waals surface area contributed by atoms with Crippen molar-refractivity contribution in [3.63, 3.8) is 0 Å². The van der Waals surface area contributed by atoms with Crippen LogP contribution in [0.2, 0.25) is 0 Å². The fraction of sp³-hybridized carbons (Fsp3) is 0.259. The van der Waals surface area contributed by atoms with Gasteiger partial charge in [-0.3, -0.25) is 0 Å². The lowest BCUT2D eigenvalue weighted by Crippen LogP contribution is -2.56. The predicted molar refractivity (Wildman–Crippen MR) is 121 cm³/mol. The summed E-state index contributed by atoms with van der Waals surface area (Å²) in [5.74, 6) is 0.900. The third-order valence-electron chi connectivity index (χ3n) is 6.99. The number of methoxy groups -OCH3 is 1. The van der Waals surface area contributed by atoms with Gasteiger partial charge < -0.3 is 9.64 Å². The fourth-order valence-corrected chi connectivity index (χ4v) is 5.21. The molecule has 0 aromatic heterocycles. The molecule has 2 nitrogen and oxygen atoms in total. The van der Waals surface area contributed by atoms with Gasteiger partial charge in [0.15, 0.2) is 0 Å². The van der Waals surface area contributed by atoms with Crippen molar-refractivity contribution in [2.45, 2.75) is 37.8 Å². The van der Waals surface area contributed by atoms with E-state index in [1.165, 1.54) is 27.9 Å². The highest BCUT2D eigenvalue weighted by Gasteiger charge is 2.55. The van der Waals surface area contributed by atoms with Crippen molar-refractivity contribution in [2.24, 2.45) is 0 Å². The molecule has 2 heteroatoms. The van der Waals surface area contributed by atoms with Gasteiger partial charge in [0.1, 0.15) is 5.75 Å². The molecule has 0 radical (unpaired) electrons. The SMILES string of the molecule is COc1ccc(CN2c3ccccc3C(C)(C)C23C=Cc2ccccc2C3)cc1. The lowest BCUT2D eigenvalue weighted by atomic mass is 9.65. The van der Waals surface area contributed by atoms with Crippen molar-refractivity contribution in [3.05, 3.63) is 101 Å². The van der Waals surface area contributed by atoms with Crippen molar-refractivity contribution >= 4 is 11.8 Å². The van der Waals surface area contributed by atoms with E-state index < -0.39 is 0 Å². The first-order chi connectivity index (χ1) is 14.0. The van der Waals surface area contributed by atoms with Crippen molar-refractivity contribution in [1.82, 2.24) is 0 Å². The van der Waals surface area contributed by atoms with Gasteiger partial charge in [-0.25, -0.2) is 0 Å². The van der Waals surface area contributed by atoms with Crippen LogP contribution in [0.5, 0.6) is 5.75 Å². The lowest BCUT2D eigenvalue weighted by Gasteiger charge is -2.48. The third-order valence-corrected chi connectivity index (χ3v) is 6.99. The van der Waals surface area contributed by atoms with Crippen molar-refractivity contribution < 1.29 is 4.74 Å². The van der Waals surface area contributed by atoms with E-state index in [0.29, 0.717) is 0 Å². The summed E-state index contributed by atoms with van der Waals surface area (Å²) in [6.45, 7) is 5.67. The first-order valence-electron chi connectivity index (χ1n) is 10.3. The van der Waals surface area contributed by atoms with E-state index in [1.54, 1.807) is 7.11 Å². The molecule has 146 valence electrons. The molecular weight excluding hydrogens is 354 g/mol.